The van der Waals surface area contributed by atoms with Crippen molar-refractivity contribution in [2.75, 3.05) is 4.83 Å². The number of hydrogen-bond acceptors (Lipinski definition) is 6. The van der Waals surface area contributed by atoms with Crippen LogP contribution in [0.25, 0.3) is 28.2 Å². The molecule has 0 bridgehead atoms. The Morgan fingerprint density at radius 2 is 1.28 bits per heavy atom. The number of nitrogens with zero attached hydrogens (tertiary/aromatic N) is 4. The molecule has 10 nitrogen and oxygen atoms in total. The summed E-state index contributed by atoms with van der Waals surface area (Å²) < 4.78 is 129. The number of nitrogens with two attached hydrogens (primary N) is 1. The van der Waals surface area contributed by atoms with E-state index in [1.807, 2.05) is 11.8 Å². The zero-order valence-electron chi connectivity index (χ0n) is 26.7. The van der Waals surface area contributed by atoms with Gasteiger partial charge in [0.1, 0.15) is 15.6 Å². The second kappa shape index (κ2) is 14.9. The molecule has 2 aromatic heterocycles. The van der Waals surface area contributed by atoms with Gasteiger partial charge in [0.25, 0.3) is 10.0 Å². The lowest BCUT2D eigenvalue weighted by atomic mass is 10.1. The molecule has 6 aromatic rings. The van der Waals surface area contributed by atoms with Crippen molar-refractivity contribution in [3.05, 3.63) is 136 Å². The first kappa shape index (κ1) is 39.3. The van der Waals surface area contributed by atoms with Gasteiger partial charge in [-0.05, 0) is 49.4 Å². The molecule has 0 unspecified atom stereocenters. The number of benzene rings is 4. The first-order chi connectivity index (χ1) is 24.7. The van der Waals surface area contributed by atoms with Gasteiger partial charge in [-0.1, -0.05) is 95.5 Å². The molecule has 53 heavy (non-hydrogen) atoms. The van der Waals surface area contributed by atoms with Gasteiger partial charge in [0, 0.05) is 16.1 Å². The normalized spacial score (nSPS) is 12.3. The Bertz CT molecular complexity index is 2470. The van der Waals surface area contributed by atoms with Crippen LogP contribution in [0.4, 0.5) is 26.3 Å². The molecule has 0 atom stereocenters. The molecule has 0 saturated carbocycles. The van der Waals surface area contributed by atoms with E-state index in [-0.39, 0.29) is 32.4 Å². The molecule has 0 aliphatic carbocycles. The van der Waals surface area contributed by atoms with E-state index in [0.717, 1.165) is 16.3 Å². The van der Waals surface area contributed by atoms with E-state index < -0.39 is 48.8 Å². The summed E-state index contributed by atoms with van der Waals surface area (Å²) >= 11 is 11.7. The van der Waals surface area contributed by atoms with E-state index in [4.69, 9.17) is 28.3 Å². The van der Waals surface area contributed by atoms with Crippen molar-refractivity contribution in [2.24, 2.45) is 5.14 Å². The molecule has 0 radical (unpaired) electrons. The highest BCUT2D eigenvalue weighted by Crippen LogP contribution is 2.40. The fraction of sp³-hybridized carbons (Fsp3) is 0.0909. The minimum absolute atomic E-state index is 0.0546. The van der Waals surface area contributed by atoms with E-state index in [2.05, 4.69) is 10.2 Å². The van der Waals surface area contributed by atoms with Gasteiger partial charge in [-0.2, -0.15) is 49.5 Å². The second-order valence-electron chi connectivity index (χ2n) is 11.0. The first-order valence-electron chi connectivity index (χ1n) is 14.7. The van der Waals surface area contributed by atoms with Gasteiger partial charge in [-0.25, -0.2) is 18.2 Å². The van der Waals surface area contributed by atoms with Crippen molar-refractivity contribution in [2.45, 2.75) is 29.1 Å². The largest absolute Gasteiger partial charge is 0.436 e. The van der Waals surface area contributed by atoms with Gasteiger partial charge >= 0.3 is 12.4 Å². The lowest BCUT2D eigenvalue weighted by molar-refractivity contribution is -0.142. The van der Waals surface area contributed by atoms with E-state index in [9.17, 15) is 43.2 Å². The number of halogens is 8. The van der Waals surface area contributed by atoms with E-state index in [1.54, 1.807) is 30.3 Å². The Kier molecular flexibility index (Phi) is 11.0. The van der Waals surface area contributed by atoms with Crippen molar-refractivity contribution >= 4 is 43.2 Å². The number of aryl methyl sites for hydroxylation is 1. The second-order valence-corrected chi connectivity index (χ2v) is 15.0. The first-order valence-corrected chi connectivity index (χ1v) is 18.5. The lowest BCUT2D eigenvalue weighted by Crippen LogP contribution is -2.25. The maximum atomic E-state index is 13.2. The highest BCUT2D eigenvalue weighted by molar-refractivity contribution is 7.92. The van der Waals surface area contributed by atoms with E-state index in [1.165, 1.54) is 72.8 Å². The highest BCUT2D eigenvalue weighted by Gasteiger charge is 2.40. The third-order valence-corrected chi connectivity index (χ3v) is 10.1. The molecule has 0 fully saturated rings. The topological polar surface area (TPSA) is 142 Å². The average Bonchev–Trinajstić information content (AvgIpc) is 3.68. The molecule has 0 spiro atoms. The van der Waals surface area contributed by atoms with Crippen LogP contribution < -0.4 is 9.97 Å². The van der Waals surface area contributed by atoms with Crippen LogP contribution in [0.1, 0.15) is 17.0 Å². The molecule has 0 amide bonds. The third kappa shape index (κ3) is 9.02. The summed E-state index contributed by atoms with van der Waals surface area (Å²) in [6.45, 7) is 1.85. The van der Waals surface area contributed by atoms with Crippen LogP contribution in [0.3, 0.4) is 0 Å². The average molecular weight is 818 g/mol. The van der Waals surface area contributed by atoms with Crippen molar-refractivity contribution < 1.29 is 43.2 Å². The fourth-order valence-corrected chi connectivity index (χ4v) is 6.93. The van der Waals surface area contributed by atoms with Gasteiger partial charge in [-0.3, -0.25) is 0 Å². The molecular weight excluding hydrogens is 793 g/mol. The van der Waals surface area contributed by atoms with Crippen molar-refractivity contribution in [1.82, 2.24) is 19.7 Å². The Hall–Kier alpha value is -4.88. The Balaban J connectivity index is 0.000000204. The van der Waals surface area contributed by atoms with Crippen LogP contribution in [0.2, 0.25) is 10.0 Å². The van der Waals surface area contributed by atoms with Gasteiger partial charge in [0.15, 0.2) is 11.4 Å². The molecule has 278 valence electrons. The van der Waals surface area contributed by atoms with E-state index in [0.29, 0.717) is 15.4 Å². The number of para-hydroxylation sites is 1. The predicted octanol–water partition coefficient (Wildman–Crippen LogP) is 8.32. The predicted molar refractivity (Wildman–Crippen MR) is 186 cm³/mol. The van der Waals surface area contributed by atoms with Crippen molar-refractivity contribution in [3.8, 4) is 28.2 Å². The van der Waals surface area contributed by atoms with Crippen LogP contribution in [0.15, 0.2) is 119 Å². The van der Waals surface area contributed by atoms with E-state index >= 15 is 0 Å². The lowest BCUT2D eigenvalue weighted by Gasteiger charge is -2.11. The Morgan fingerprint density at radius 1 is 0.717 bits per heavy atom. The highest BCUT2D eigenvalue weighted by atomic mass is 35.5. The number of sulfonamides is 2. The number of rotatable bonds is 7. The SMILES string of the molecule is Cc1ccc(-c2cc(C(F)(F)F)nn2-c2ccccc2S(N)(=O)=O)cc1.O=S(=O)(Nn1nc(C(F)(F)F)c(Cl)c1-c1ccc(Cl)cc1)c1ccccc1. The zero-order valence-corrected chi connectivity index (χ0v) is 29.9. The summed E-state index contributed by atoms with van der Waals surface area (Å²) in [6.07, 6.45) is -9.55. The number of nitrogens with one attached hydrogen (secondary N) is 1. The number of alkyl halides is 6. The number of aromatic nitrogens is 4. The molecule has 0 saturated heterocycles. The van der Waals surface area contributed by atoms with Crippen LogP contribution >= 0.6 is 23.2 Å². The van der Waals surface area contributed by atoms with Crippen LogP contribution in [0, 0.1) is 6.92 Å². The maximum absolute atomic E-state index is 13.2. The zero-order chi connectivity index (χ0) is 38.9. The summed E-state index contributed by atoms with van der Waals surface area (Å²) in [6, 6.07) is 26.0. The Labute approximate surface area is 308 Å². The van der Waals surface area contributed by atoms with Gasteiger partial charge in [0.2, 0.25) is 10.0 Å². The number of primary sulfonamides is 1. The molecule has 0 aliphatic rings. The Morgan fingerprint density at radius 3 is 1.85 bits per heavy atom. The molecule has 20 heteroatoms. The monoisotopic (exact) mass is 816 g/mol. The number of hydrogen-bond donors (Lipinski definition) is 2. The van der Waals surface area contributed by atoms with Crippen molar-refractivity contribution in [1.29, 1.82) is 0 Å². The van der Waals surface area contributed by atoms with Crippen LogP contribution in [-0.4, -0.2) is 36.5 Å². The van der Waals surface area contributed by atoms with Gasteiger partial charge < -0.3 is 0 Å². The van der Waals surface area contributed by atoms with Crippen LogP contribution in [0.5, 0.6) is 0 Å². The van der Waals surface area contributed by atoms with Crippen LogP contribution in [-0.2, 0) is 32.4 Å². The van der Waals surface area contributed by atoms with Gasteiger partial charge in [-0.15, -0.1) is 5.10 Å². The maximum Gasteiger partial charge on any atom is 0.436 e. The van der Waals surface area contributed by atoms with Crippen molar-refractivity contribution in [3.63, 3.8) is 0 Å². The molecule has 0 aliphatic heterocycles. The summed E-state index contributed by atoms with van der Waals surface area (Å²) in [5.41, 5.74) is -1.16. The standard InChI is InChI=1S/C17H14F3N3O2S.C16H10Cl2F3N3O2S/c1-11-6-8-12(9-7-11)14-10-16(17(18,19)20)22-23(14)13-4-2-3-5-15(13)26(21,24)25;17-11-8-6-10(7-9-11)14-13(18)15(16(19,20)21)22-24(14)23-27(25,26)12-4-2-1-3-5-12/h2-10H,1H3,(H2,21,24,25);1-9,23H. The quantitative estimate of drug-likeness (QED) is 0.155. The molecule has 6 rings (SSSR count). The summed E-state index contributed by atoms with van der Waals surface area (Å²) in [7, 11) is -8.36. The molecular formula is C33H24Cl2F6N6O4S2. The minimum atomic E-state index is -4.87. The minimum Gasteiger partial charge on any atom is -0.231 e. The molecule has 4 aromatic carbocycles. The third-order valence-electron chi connectivity index (χ3n) is 7.22. The fourth-order valence-electron chi connectivity index (χ4n) is 4.78. The molecule has 2 heterocycles. The summed E-state index contributed by atoms with van der Waals surface area (Å²) in [4.78, 5) is 2.05. The smallest absolute Gasteiger partial charge is 0.231 e. The summed E-state index contributed by atoms with van der Waals surface area (Å²) in [5, 5.41) is 11.7. The molecule has 3 N–H and O–H groups in total. The van der Waals surface area contributed by atoms with Gasteiger partial charge in [0.05, 0.1) is 16.3 Å². The summed E-state index contributed by atoms with van der Waals surface area (Å²) in [5.74, 6) is 0.